The summed E-state index contributed by atoms with van der Waals surface area (Å²) in [5, 5.41) is 0. The standard InChI is InChI=1S/C15H16IN/c1-11-5-2-3-6-12(11)10-15(17)13-7-4-8-14(16)9-13/h2-9,15H,10,17H2,1H3. The highest BCUT2D eigenvalue weighted by molar-refractivity contribution is 14.1. The molecule has 1 nitrogen and oxygen atoms in total. The summed E-state index contributed by atoms with van der Waals surface area (Å²) in [6.07, 6.45) is 0.896. The third-order valence-corrected chi connectivity index (χ3v) is 3.65. The highest BCUT2D eigenvalue weighted by atomic mass is 127. The lowest BCUT2D eigenvalue weighted by molar-refractivity contribution is 0.718. The van der Waals surface area contributed by atoms with Crippen molar-refractivity contribution in [2.24, 2.45) is 5.73 Å². The second kappa shape index (κ2) is 5.65. The Bertz CT molecular complexity index is 508. The maximum Gasteiger partial charge on any atom is 0.0336 e. The van der Waals surface area contributed by atoms with Crippen molar-refractivity contribution in [1.82, 2.24) is 0 Å². The van der Waals surface area contributed by atoms with E-state index in [0.717, 1.165) is 6.42 Å². The molecule has 0 saturated carbocycles. The fourth-order valence-corrected chi connectivity index (χ4v) is 2.50. The molecule has 2 rings (SSSR count). The van der Waals surface area contributed by atoms with E-state index in [2.05, 4.69) is 78.0 Å². The van der Waals surface area contributed by atoms with E-state index in [1.54, 1.807) is 0 Å². The largest absolute Gasteiger partial charge is 0.324 e. The monoisotopic (exact) mass is 337 g/mol. The zero-order valence-electron chi connectivity index (χ0n) is 9.86. The minimum atomic E-state index is 0.0748. The number of hydrogen-bond acceptors (Lipinski definition) is 1. The zero-order chi connectivity index (χ0) is 12.3. The van der Waals surface area contributed by atoms with Crippen LogP contribution in [0, 0.1) is 10.5 Å². The molecule has 0 bridgehead atoms. The molecule has 0 heterocycles. The van der Waals surface area contributed by atoms with E-state index in [1.165, 1.54) is 20.3 Å². The molecule has 0 aliphatic carbocycles. The lowest BCUT2D eigenvalue weighted by atomic mass is 9.97. The Morgan fingerprint density at radius 1 is 1.12 bits per heavy atom. The molecule has 0 aliphatic rings. The molecule has 0 amide bonds. The summed E-state index contributed by atoms with van der Waals surface area (Å²) in [5.41, 5.74) is 10.1. The van der Waals surface area contributed by atoms with Crippen molar-refractivity contribution in [3.8, 4) is 0 Å². The lowest BCUT2D eigenvalue weighted by Gasteiger charge is -2.14. The van der Waals surface area contributed by atoms with Crippen molar-refractivity contribution in [3.05, 3.63) is 68.8 Å². The van der Waals surface area contributed by atoms with E-state index in [1.807, 2.05) is 0 Å². The van der Waals surface area contributed by atoms with Crippen LogP contribution in [0.3, 0.4) is 0 Å². The average molecular weight is 337 g/mol. The molecule has 2 aromatic rings. The predicted octanol–water partition coefficient (Wildman–Crippen LogP) is 3.84. The van der Waals surface area contributed by atoms with Crippen molar-refractivity contribution in [2.45, 2.75) is 19.4 Å². The first-order valence-corrected chi connectivity index (χ1v) is 6.80. The first-order chi connectivity index (χ1) is 8.16. The molecule has 0 saturated heterocycles. The van der Waals surface area contributed by atoms with Crippen LogP contribution < -0.4 is 5.73 Å². The quantitative estimate of drug-likeness (QED) is 0.846. The Morgan fingerprint density at radius 3 is 2.59 bits per heavy atom. The van der Waals surface area contributed by atoms with Gasteiger partial charge in [0, 0.05) is 9.61 Å². The minimum absolute atomic E-state index is 0.0748. The predicted molar refractivity (Wildman–Crippen MR) is 81.0 cm³/mol. The highest BCUT2D eigenvalue weighted by Gasteiger charge is 2.08. The summed E-state index contributed by atoms with van der Waals surface area (Å²) in [5.74, 6) is 0. The normalized spacial score (nSPS) is 12.4. The van der Waals surface area contributed by atoms with Crippen molar-refractivity contribution in [1.29, 1.82) is 0 Å². The minimum Gasteiger partial charge on any atom is -0.324 e. The topological polar surface area (TPSA) is 26.0 Å². The summed E-state index contributed by atoms with van der Waals surface area (Å²) in [6.45, 7) is 2.14. The van der Waals surface area contributed by atoms with Gasteiger partial charge in [-0.05, 0) is 64.8 Å². The summed E-state index contributed by atoms with van der Waals surface area (Å²) < 4.78 is 1.24. The Hall–Kier alpha value is -0.870. The van der Waals surface area contributed by atoms with Crippen LogP contribution in [0.1, 0.15) is 22.7 Å². The highest BCUT2D eigenvalue weighted by Crippen LogP contribution is 2.19. The Labute approximate surface area is 116 Å². The van der Waals surface area contributed by atoms with E-state index < -0.39 is 0 Å². The second-order valence-electron chi connectivity index (χ2n) is 4.29. The van der Waals surface area contributed by atoms with E-state index in [4.69, 9.17) is 5.73 Å². The van der Waals surface area contributed by atoms with Gasteiger partial charge in [-0.2, -0.15) is 0 Å². The third-order valence-electron chi connectivity index (χ3n) is 2.98. The molecule has 0 fully saturated rings. The van der Waals surface area contributed by atoms with Crippen LogP contribution in [0.15, 0.2) is 48.5 Å². The Morgan fingerprint density at radius 2 is 1.88 bits per heavy atom. The summed E-state index contributed by atoms with van der Waals surface area (Å²) in [4.78, 5) is 0. The van der Waals surface area contributed by atoms with Gasteiger partial charge >= 0.3 is 0 Å². The molecule has 0 aromatic heterocycles. The van der Waals surface area contributed by atoms with Crippen LogP contribution in [-0.4, -0.2) is 0 Å². The molecule has 17 heavy (non-hydrogen) atoms. The van der Waals surface area contributed by atoms with Crippen LogP contribution in [-0.2, 0) is 6.42 Å². The fourth-order valence-electron chi connectivity index (χ4n) is 1.93. The Balaban J connectivity index is 2.17. The molecular formula is C15H16IN. The third kappa shape index (κ3) is 3.30. The molecule has 88 valence electrons. The molecule has 0 radical (unpaired) electrons. The smallest absolute Gasteiger partial charge is 0.0336 e. The van der Waals surface area contributed by atoms with E-state index in [0.29, 0.717) is 0 Å². The fraction of sp³-hybridized carbons (Fsp3) is 0.200. The van der Waals surface area contributed by atoms with E-state index in [9.17, 15) is 0 Å². The number of benzene rings is 2. The van der Waals surface area contributed by atoms with Crippen LogP contribution >= 0.6 is 22.6 Å². The summed E-state index contributed by atoms with van der Waals surface area (Å²) >= 11 is 2.32. The first kappa shape index (κ1) is 12.6. The van der Waals surface area contributed by atoms with Gasteiger partial charge in [0.15, 0.2) is 0 Å². The molecule has 2 heteroatoms. The maximum absolute atomic E-state index is 6.26. The molecule has 2 N–H and O–H groups in total. The van der Waals surface area contributed by atoms with E-state index in [-0.39, 0.29) is 6.04 Å². The van der Waals surface area contributed by atoms with Gasteiger partial charge in [-0.15, -0.1) is 0 Å². The van der Waals surface area contributed by atoms with Gasteiger partial charge in [0.2, 0.25) is 0 Å². The van der Waals surface area contributed by atoms with Gasteiger partial charge < -0.3 is 5.73 Å². The number of rotatable bonds is 3. The van der Waals surface area contributed by atoms with Gasteiger partial charge in [0.05, 0.1) is 0 Å². The first-order valence-electron chi connectivity index (χ1n) is 5.72. The average Bonchev–Trinajstić information content (AvgIpc) is 2.32. The van der Waals surface area contributed by atoms with Crippen LogP contribution in [0.2, 0.25) is 0 Å². The van der Waals surface area contributed by atoms with Gasteiger partial charge in [-0.25, -0.2) is 0 Å². The molecule has 1 atom stereocenters. The van der Waals surface area contributed by atoms with Gasteiger partial charge in [0.25, 0.3) is 0 Å². The number of aryl methyl sites for hydroxylation is 1. The van der Waals surface area contributed by atoms with Gasteiger partial charge in [0.1, 0.15) is 0 Å². The maximum atomic E-state index is 6.26. The molecule has 2 aromatic carbocycles. The lowest BCUT2D eigenvalue weighted by Crippen LogP contribution is -2.14. The van der Waals surface area contributed by atoms with Gasteiger partial charge in [-0.1, -0.05) is 36.4 Å². The number of hydrogen-bond donors (Lipinski definition) is 1. The number of halogens is 1. The van der Waals surface area contributed by atoms with Crippen LogP contribution in [0.4, 0.5) is 0 Å². The van der Waals surface area contributed by atoms with Crippen molar-refractivity contribution >= 4 is 22.6 Å². The van der Waals surface area contributed by atoms with Crippen molar-refractivity contribution < 1.29 is 0 Å². The molecule has 0 aliphatic heterocycles. The van der Waals surface area contributed by atoms with Crippen LogP contribution in [0.25, 0.3) is 0 Å². The van der Waals surface area contributed by atoms with Crippen molar-refractivity contribution in [2.75, 3.05) is 0 Å². The molecule has 1 unspecified atom stereocenters. The van der Waals surface area contributed by atoms with Crippen LogP contribution in [0.5, 0.6) is 0 Å². The number of nitrogens with two attached hydrogens (primary N) is 1. The van der Waals surface area contributed by atoms with E-state index >= 15 is 0 Å². The molecule has 0 spiro atoms. The zero-order valence-corrected chi connectivity index (χ0v) is 12.0. The second-order valence-corrected chi connectivity index (χ2v) is 5.54. The Kier molecular flexibility index (Phi) is 4.18. The molecular weight excluding hydrogens is 321 g/mol. The summed E-state index contributed by atoms with van der Waals surface area (Å²) in [6, 6.07) is 16.9. The van der Waals surface area contributed by atoms with Gasteiger partial charge in [-0.3, -0.25) is 0 Å². The SMILES string of the molecule is Cc1ccccc1CC(N)c1cccc(I)c1. The summed E-state index contributed by atoms with van der Waals surface area (Å²) in [7, 11) is 0. The van der Waals surface area contributed by atoms with Crippen molar-refractivity contribution in [3.63, 3.8) is 0 Å².